The molecule has 0 aliphatic carbocycles. The van der Waals surface area contributed by atoms with Gasteiger partial charge < -0.3 is 9.47 Å². The first-order chi connectivity index (χ1) is 11.8. The van der Waals surface area contributed by atoms with E-state index >= 15 is 0 Å². The SMILES string of the molecule is COc1ccc(C=Nn2c(SC)nnc(C(C)(C)C)c2=O)cc1OC. The molecule has 0 radical (unpaired) electrons. The van der Waals surface area contributed by atoms with Crippen LogP contribution in [0.5, 0.6) is 11.5 Å². The second-order valence-electron chi connectivity index (χ2n) is 6.26. The van der Waals surface area contributed by atoms with Crippen LogP contribution in [0.2, 0.25) is 0 Å². The minimum Gasteiger partial charge on any atom is -0.493 e. The van der Waals surface area contributed by atoms with E-state index < -0.39 is 5.41 Å². The van der Waals surface area contributed by atoms with Gasteiger partial charge in [-0.15, -0.1) is 10.2 Å². The zero-order valence-electron chi connectivity index (χ0n) is 15.2. The van der Waals surface area contributed by atoms with Crippen LogP contribution in [-0.4, -0.2) is 41.6 Å². The van der Waals surface area contributed by atoms with Gasteiger partial charge in [0.25, 0.3) is 5.56 Å². The first-order valence-electron chi connectivity index (χ1n) is 7.62. The molecule has 0 saturated carbocycles. The molecule has 0 spiro atoms. The van der Waals surface area contributed by atoms with Crippen molar-refractivity contribution in [2.45, 2.75) is 31.3 Å². The molecule has 25 heavy (non-hydrogen) atoms. The molecule has 2 rings (SSSR count). The highest BCUT2D eigenvalue weighted by molar-refractivity contribution is 7.98. The molecule has 0 aliphatic heterocycles. The predicted octanol–water partition coefficient (Wildman–Crippen LogP) is 2.56. The number of thioether (sulfide) groups is 1. The molecule has 0 N–H and O–H groups in total. The maximum Gasteiger partial charge on any atom is 0.297 e. The van der Waals surface area contributed by atoms with Gasteiger partial charge in [-0.3, -0.25) is 4.79 Å². The molecular formula is C17H22N4O3S. The van der Waals surface area contributed by atoms with Crippen LogP contribution >= 0.6 is 11.8 Å². The number of aromatic nitrogens is 3. The van der Waals surface area contributed by atoms with Crippen molar-refractivity contribution in [3.05, 3.63) is 39.8 Å². The lowest BCUT2D eigenvalue weighted by atomic mass is 9.93. The van der Waals surface area contributed by atoms with Crippen LogP contribution in [0.3, 0.4) is 0 Å². The van der Waals surface area contributed by atoms with Crippen molar-refractivity contribution in [2.24, 2.45) is 5.10 Å². The molecule has 0 unspecified atom stereocenters. The van der Waals surface area contributed by atoms with Crippen molar-refractivity contribution in [1.29, 1.82) is 0 Å². The summed E-state index contributed by atoms with van der Waals surface area (Å²) >= 11 is 1.31. The monoisotopic (exact) mass is 362 g/mol. The van der Waals surface area contributed by atoms with Crippen molar-refractivity contribution in [3.8, 4) is 11.5 Å². The van der Waals surface area contributed by atoms with Gasteiger partial charge in [-0.2, -0.15) is 9.78 Å². The smallest absolute Gasteiger partial charge is 0.297 e. The van der Waals surface area contributed by atoms with Crippen LogP contribution in [0.1, 0.15) is 32.0 Å². The summed E-state index contributed by atoms with van der Waals surface area (Å²) in [6, 6.07) is 5.39. The molecule has 0 bridgehead atoms. The van der Waals surface area contributed by atoms with E-state index in [1.165, 1.54) is 16.4 Å². The Labute approximate surface area is 151 Å². The van der Waals surface area contributed by atoms with Gasteiger partial charge in [-0.1, -0.05) is 32.5 Å². The zero-order chi connectivity index (χ0) is 18.6. The Hall–Kier alpha value is -2.35. The van der Waals surface area contributed by atoms with Gasteiger partial charge in [0.05, 0.1) is 20.4 Å². The first-order valence-corrected chi connectivity index (χ1v) is 8.85. The van der Waals surface area contributed by atoms with Gasteiger partial charge >= 0.3 is 0 Å². The van der Waals surface area contributed by atoms with Crippen molar-refractivity contribution < 1.29 is 9.47 Å². The number of nitrogens with zero attached hydrogens (tertiary/aromatic N) is 4. The summed E-state index contributed by atoms with van der Waals surface area (Å²) in [6.45, 7) is 5.75. The fraction of sp³-hybridized carbons (Fsp3) is 0.412. The average Bonchev–Trinajstić information content (AvgIpc) is 2.58. The molecule has 7 nitrogen and oxygen atoms in total. The largest absolute Gasteiger partial charge is 0.493 e. The van der Waals surface area contributed by atoms with Crippen LogP contribution in [-0.2, 0) is 5.41 Å². The summed E-state index contributed by atoms with van der Waals surface area (Å²) < 4.78 is 11.8. The number of ether oxygens (including phenoxy) is 2. The van der Waals surface area contributed by atoms with Crippen LogP contribution in [0.15, 0.2) is 33.3 Å². The molecule has 0 fully saturated rings. The number of rotatable bonds is 5. The van der Waals surface area contributed by atoms with E-state index in [0.29, 0.717) is 22.3 Å². The Kier molecular flexibility index (Phi) is 5.84. The zero-order valence-corrected chi connectivity index (χ0v) is 16.0. The number of hydrogen-bond donors (Lipinski definition) is 0. The molecule has 134 valence electrons. The lowest BCUT2D eigenvalue weighted by Gasteiger charge is -2.16. The summed E-state index contributed by atoms with van der Waals surface area (Å²) in [5.74, 6) is 1.22. The van der Waals surface area contributed by atoms with Crippen LogP contribution in [0.25, 0.3) is 0 Å². The quantitative estimate of drug-likeness (QED) is 0.601. The van der Waals surface area contributed by atoms with Gasteiger partial charge in [-0.25, -0.2) is 0 Å². The van der Waals surface area contributed by atoms with Crippen LogP contribution in [0, 0.1) is 0 Å². The van der Waals surface area contributed by atoms with Gasteiger partial charge in [-0.05, 0) is 30.0 Å². The summed E-state index contributed by atoms with van der Waals surface area (Å²) in [6.07, 6.45) is 3.40. The Balaban J connectivity index is 2.49. The summed E-state index contributed by atoms with van der Waals surface area (Å²) in [4.78, 5) is 12.7. The second kappa shape index (κ2) is 7.69. The lowest BCUT2D eigenvalue weighted by Crippen LogP contribution is -2.32. The Morgan fingerprint density at radius 3 is 2.40 bits per heavy atom. The van der Waals surface area contributed by atoms with Gasteiger partial charge in [0.2, 0.25) is 5.16 Å². The molecule has 0 saturated heterocycles. The maximum atomic E-state index is 12.7. The second-order valence-corrected chi connectivity index (χ2v) is 7.03. The van der Waals surface area contributed by atoms with Crippen LogP contribution in [0.4, 0.5) is 0 Å². The van der Waals surface area contributed by atoms with E-state index in [9.17, 15) is 4.79 Å². The third kappa shape index (κ3) is 4.19. The first kappa shape index (κ1) is 19.0. The fourth-order valence-electron chi connectivity index (χ4n) is 2.12. The van der Waals surface area contributed by atoms with Crippen molar-refractivity contribution in [3.63, 3.8) is 0 Å². The number of hydrogen-bond acceptors (Lipinski definition) is 7. The van der Waals surface area contributed by atoms with Gasteiger partial charge in [0.15, 0.2) is 11.5 Å². The summed E-state index contributed by atoms with van der Waals surface area (Å²) in [5.41, 5.74) is 0.450. The molecular weight excluding hydrogens is 340 g/mol. The molecule has 8 heteroatoms. The highest BCUT2D eigenvalue weighted by Gasteiger charge is 2.23. The van der Waals surface area contributed by atoms with Crippen LogP contribution < -0.4 is 15.0 Å². The minimum atomic E-state index is -0.415. The highest BCUT2D eigenvalue weighted by atomic mass is 32.2. The molecule has 0 atom stereocenters. The van der Waals surface area contributed by atoms with Gasteiger partial charge in [0.1, 0.15) is 5.69 Å². The predicted molar refractivity (Wildman–Crippen MR) is 99.3 cm³/mol. The summed E-state index contributed by atoms with van der Waals surface area (Å²) in [7, 11) is 3.14. The lowest BCUT2D eigenvalue weighted by molar-refractivity contribution is 0.355. The minimum absolute atomic E-state index is 0.274. The highest BCUT2D eigenvalue weighted by Crippen LogP contribution is 2.27. The number of benzene rings is 1. The summed E-state index contributed by atoms with van der Waals surface area (Å²) in [5, 5.41) is 12.9. The maximum absolute atomic E-state index is 12.7. The molecule has 0 amide bonds. The average molecular weight is 362 g/mol. The van der Waals surface area contributed by atoms with E-state index in [-0.39, 0.29) is 5.56 Å². The Morgan fingerprint density at radius 1 is 1.16 bits per heavy atom. The van der Waals surface area contributed by atoms with Crippen molar-refractivity contribution in [1.82, 2.24) is 14.9 Å². The Bertz CT molecular complexity index is 841. The molecule has 1 aromatic heterocycles. The van der Waals surface area contributed by atoms with E-state index in [2.05, 4.69) is 15.3 Å². The van der Waals surface area contributed by atoms with E-state index in [1.807, 2.05) is 33.1 Å². The third-order valence-corrected chi connectivity index (χ3v) is 4.05. The molecule has 1 aromatic carbocycles. The van der Waals surface area contributed by atoms with E-state index in [4.69, 9.17) is 9.47 Å². The molecule has 1 heterocycles. The molecule has 0 aliphatic rings. The van der Waals surface area contributed by atoms with E-state index in [0.717, 1.165) is 5.56 Å². The topological polar surface area (TPSA) is 78.6 Å². The third-order valence-electron chi connectivity index (χ3n) is 3.43. The normalized spacial score (nSPS) is 11.8. The fourth-order valence-corrected chi connectivity index (χ4v) is 2.55. The Morgan fingerprint density at radius 2 is 1.84 bits per heavy atom. The number of methoxy groups -OCH3 is 2. The van der Waals surface area contributed by atoms with E-state index in [1.54, 1.807) is 32.6 Å². The standard InChI is InChI=1S/C17H22N4O3S/c1-17(2,3)14-15(22)21(16(25-6)20-19-14)18-10-11-7-8-12(23-4)13(9-11)24-5/h7-10H,1-6H3. The van der Waals surface area contributed by atoms with Gasteiger partial charge in [0, 0.05) is 5.41 Å². The van der Waals surface area contributed by atoms with Crippen molar-refractivity contribution in [2.75, 3.05) is 20.5 Å². The molecule has 2 aromatic rings. The van der Waals surface area contributed by atoms with Crippen molar-refractivity contribution >= 4 is 18.0 Å².